The van der Waals surface area contributed by atoms with Crippen LogP contribution in [0.3, 0.4) is 0 Å². The second-order valence-corrected chi connectivity index (χ2v) is 9.21. The normalized spacial score (nSPS) is 14.2. The molecule has 3 aromatic rings. The summed E-state index contributed by atoms with van der Waals surface area (Å²) in [4.78, 5) is 49.4. The monoisotopic (exact) mass is 518 g/mol. The number of imide groups is 1. The fraction of sp³-hybridized carbons (Fsp3) is 0.148. The van der Waals surface area contributed by atoms with E-state index < -0.39 is 22.0 Å². The summed E-state index contributed by atoms with van der Waals surface area (Å²) in [7, 11) is 0. The third-order valence-corrected chi connectivity index (χ3v) is 6.36. The minimum absolute atomic E-state index is 0.0313. The van der Waals surface area contributed by atoms with E-state index in [4.69, 9.17) is 9.47 Å². The van der Waals surface area contributed by atoms with Crippen molar-refractivity contribution < 1.29 is 28.8 Å². The van der Waals surface area contributed by atoms with Gasteiger partial charge in [0, 0.05) is 12.1 Å². The Hall–Kier alpha value is -4.44. The molecule has 37 heavy (non-hydrogen) atoms. The molecule has 0 saturated carbocycles. The van der Waals surface area contributed by atoms with Crippen molar-refractivity contribution >= 4 is 40.6 Å². The number of nitro groups is 1. The molecule has 1 aliphatic heterocycles. The molecule has 0 spiro atoms. The van der Waals surface area contributed by atoms with E-state index in [-0.39, 0.29) is 35.1 Å². The minimum atomic E-state index is -0.759. The van der Waals surface area contributed by atoms with E-state index in [0.717, 1.165) is 33.9 Å². The number of nitro benzene ring substituents is 1. The number of benzene rings is 3. The summed E-state index contributed by atoms with van der Waals surface area (Å²) in [6.07, 6.45) is 1.54. The summed E-state index contributed by atoms with van der Waals surface area (Å²) in [6, 6.07) is 17.5. The summed E-state index contributed by atoms with van der Waals surface area (Å²) >= 11 is 0.821. The molecular formula is C27H22N2O7S. The van der Waals surface area contributed by atoms with Crippen LogP contribution in [0.15, 0.2) is 71.6 Å². The maximum Gasteiger partial charge on any atom is 0.343 e. The van der Waals surface area contributed by atoms with Crippen molar-refractivity contribution in [3.8, 4) is 11.5 Å². The molecule has 0 N–H and O–H groups in total. The zero-order valence-corrected chi connectivity index (χ0v) is 20.8. The van der Waals surface area contributed by atoms with Gasteiger partial charge >= 0.3 is 5.97 Å². The fourth-order valence-electron chi connectivity index (χ4n) is 3.53. The molecule has 1 fully saturated rings. The minimum Gasteiger partial charge on any atom is -0.491 e. The van der Waals surface area contributed by atoms with Crippen LogP contribution in [0, 0.1) is 24.0 Å². The number of carbonyl (C=O) groups is 3. The second kappa shape index (κ2) is 11.1. The van der Waals surface area contributed by atoms with E-state index in [1.54, 1.807) is 24.3 Å². The van der Waals surface area contributed by atoms with E-state index in [9.17, 15) is 24.5 Å². The average Bonchev–Trinajstić information content (AvgIpc) is 3.13. The molecule has 188 valence electrons. The first-order chi connectivity index (χ1) is 17.7. The molecular weight excluding hydrogens is 496 g/mol. The van der Waals surface area contributed by atoms with Crippen LogP contribution >= 0.6 is 11.8 Å². The van der Waals surface area contributed by atoms with Crippen LogP contribution in [-0.2, 0) is 4.79 Å². The predicted octanol–water partition coefficient (Wildman–Crippen LogP) is 5.55. The number of aryl methyl sites for hydroxylation is 2. The maximum atomic E-state index is 12.8. The molecule has 4 rings (SSSR count). The van der Waals surface area contributed by atoms with E-state index in [1.165, 1.54) is 24.3 Å². The Morgan fingerprint density at radius 1 is 1.05 bits per heavy atom. The SMILES string of the molecule is Cc1ccc(C)c(OCCN2C(=O)S/C(=C\c3cccc(OC(=O)c4cccc([N+](=O)[O-])c4)c3)C2=O)c1. The van der Waals surface area contributed by atoms with Crippen LogP contribution < -0.4 is 9.47 Å². The number of ether oxygens (including phenoxy) is 2. The van der Waals surface area contributed by atoms with Crippen LogP contribution in [0.2, 0.25) is 0 Å². The smallest absolute Gasteiger partial charge is 0.343 e. The van der Waals surface area contributed by atoms with E-state index in [1.807, 2.05) is 32.0 Å². The van der Waals surface area contributed by atoms with Gasteiger partial charge in [-0.3, -0.25) is 24.6 Å². The van der Waals surface area contributed by atoms with Gasteiger partial charge in [-0.1, -0.05) is 30.3 Å². The van der Waals surface area contributed by atoms with Gasteiger partial charge in [-0.05, 0) is 72.6 Å². The number of thioether (sulfide) groups is 1. The van der Waals surface area contributed by atoms with Crippen molar-refractivity contribution in [1.82, 2.24) is 4.90 Å². The van der Waals surface area contributed by atoms with Gasteiger partial charge in [0.15, 0.2) is 0 Å². The van der Waals surface area contributed by atoms with Gasteiger partial charge in [0.1, 0.15) is 18.1 Å². The largest absolute Gasteiger partial charge is 0.491 e. The molecule has 1 saturated heterocycles. The topological polar surface area (TPSA) is 116 Å². The fourth-order valence-corrected chi connectivity index (χ4v) is 4.40. The van der Waals surface area contributed by atoms with Crippen LogP contribution in [0.4, 0.5) is 10.5 Å². The maximum absolute atomic E-state index is 12.8. The lowest BCUT2D eigenvalue weighted by molar-refractivity contribution is -0.384. The summed E-state index contributed by atoms with van der Waals surface area (Å²) < 4.78 is 11.1. The molecule has 10 heteroatoms. The van der Waals surface area contributed by atoms with Crippen molar-refractivity contribution in [3.05, 3.63) is 104 Å². The number of non-ortho nitro benzene ring substituents is 1. The van der Waals surface area contributed by atoms with Gasteiger partial charge in [0.05, 0.1) is 21.9 Å². The molecule has 9 nitrogen and oxygen atoms in total. The number of nitrogens with zero attached hydrogens (tertiary/aromatic N) is 2. The van der Waals surface area contributed by atoms with Gasteiger partial charge in [0.25, 0.3) is 16.8 Å². The first-order valence-corrected chi connectivity index (χ1v) is 12.0. The molecule has 0 radical (unpaired) electrons. The lowest BCUT2D eigenvalue weighted by Gasteiger charge is -2.14. The van der Waals surface area contributed by atoms with Gasteiger partial charge in [-0.2, -0.15) is 0 Å². The Balaban J connectivity index is 1.41. The van der Waals surface area contributed by atoms with Gasteiger partial charge in [-0.25, -0.2) is 4.79 Å². The van der Waals surface area contributed by atoms with Crippen LogP contribution in [0.1, 0.15) is 27.0 Å². The highest BCUT2D eigenvalue weighted by Crippen LogP contribution is 2.32. The molecule has 0 aliphatic carbocycles. The summed E-state index contributed by atoms with van der Waals surface area (Å²) in [5.74, 6) is -0.297. The van der Waals surface area contributed by atoms with Gasteiger partial charge in [-0.15, -0.1) is 0 Å². The van der Waals surface area contributed by atoms with Crippen LogP contribution in [0.5, 0.6) is 11.5 Å². The van der Waals surface area contributed by atoms with Crippen molar-refractivity contribution in [2.24, 2.45) is 0 Å². The second-order valence-electron chi connectivity index (χ2n) is 8.22. The Morgan fingerprint density at radius 2 is 1.84 bits per heavy atom. The van der Waals surface area contributed by atoms with Gasteiger partial charge in [0.2, 0.25) is 0 Å². The number of rotatable bonds is 8. The lowest BCUT2D eigenvalue weighted by Crippen LogP contribution is -2.32. The third-order valence-electron chi connectivity index (χ3n) is 5.45. The highest BCUT2D eigenvalue weighted by molar-refractivity contribution is 8.18. The molecule has 0 atom stereocenters. The number of amides is 2. The molecule has 3 aromatic carbocycles. The highest BCUT2D eigenvalue weighted by Gasteiger charge is 2.34. The van der Waals surface area contributed by atoms with Crippen molar-refractivity contribution in [1.29, 1.82) is 0 Å². The van der Waals surface area contributed by atoms with E-state index >= 15 is 0 Å². The van der Waals surface area contributed by atoms with Crippen molar-refractivity contribution in [2.75, 3.05) is 13.2 Å². The molecule has 0 aromatic heterocycles. The summed E-state index contributed by atoms with van der Waals surface area (Å²) in [5.41, 5.74) is 2.36. The molecule has 1 heterocycles. The number of esters is 1. The lowest BCUT2D eigenvalue weighted by atomic mass is 10.1. The Labute approximate surface area is 216 Å². The van der Waals surface area contributed by atoms with Crippen LogP contribution in [0.25, 0.3) is 6.08 Å². The zero-order chi connectivity index (χ0) is 26.5. The summed E-state index contributed by atoms with van der Waals surface area (Å²) in [6.45, 7) is 4.15. The number of hydrogen-bond donors (Lipinski definition) is 0. The molecule has 0 unspecified atom stereocenters. The Morgan fingerprint density at radius 3 is 2.62 bits per heavy atom. The Bertz CT molecular complexity index is 1430. The summed E-state index contributed by atoms with van der Waals surface area (Å²) in [5, 5.41) is 10.6. The third kappa shape index (κ3) is 6.22. The number of hydrogen-bond acceptors (Lipinski definition) is 8. The zero-order valence-electron chi connectivity index (χ0n) is 20.0. The van der Waals surface area contributed by atoms with Crippen molar-refractivity contribution in [2.45, 2.75) is 13.8 Å². The molecule has 2 amide bonds. The molecule has 0 bridgehead atoms. The first-order valence-electron chi connectivity index (χ1n) is 11.2. The standard InChI is InChI=1S/C27H22N2O7S/c1-17-9-10-18(2)23(13-17)35-12-11-28-25(30)24(37-27(28)32)15-19-5-3-8-22(14-19)36-26(31)20-6-4-7-21(16-20)29(33)34/h3-10,13-16H,11-12H2,1-2H3/b24-15-. The van der Waals surface area contributed by atoms with Crippen LogP contribution in [-0.4, -0.2) is 40.1 Å². The van der Waals surface area contributed by atoms with E-state index in [0.29, 0.717) is 11.3 Å². The Kier molecular flexibility index (Phi) is 7.69. The quantitative estimate of drug-likeness (QED) is 0.125. The number of carbonyl (C=O) groups excluding carboxylic acids is 3. The van der Waals surface area contributed by atoms with Gasteiger partial charge < -0.3 is 9.47 Å². The van der Waals surface area contributed by atoms with Crippen molar-refractivity contribution in [3.63, 3.8) is 0 Å². The average molecular weight is 519 g/mol. The van der Waals surface area contributed by atoms with E-state index in [2.05, 4.69) is 0 Å². The first kappa shape index (κ1) is 25.6. The predicted molar refractivity (Wildman–Crippen MR) is 139 cm³/mol. The highest BCUT2D eigenvalue weighted by atomic mass is 32.2. The molecule has 1 aliphatic rings.